The van der Waals surface area contributed by atoms with E-state index >= 15 is 0 Å². The highest BCUT2D eigenvalue weighted by molar-refractivity contribution is 5.81. The van der Waals surface area contributed by atoms with Crippen molar-refractivity contribution in [1.29, 1.82) is 0 Å². The van der Waals surface area contributed by atoms with Gasteiger partial charge in [0.05, 0.1) is 12.1 Å². The van der Waals surface area contributed by atoms with Crippen LogP contribution in [0.4, 0.5) is 0 Å². The van der Waals surface area contributed by atoms with E-state index in [-0.39, 0.29) is 5.91 Å². The Morgan fingerprint density at radius 1 is 1.42 bits per heavy atom. The lowest BCUT2D eigenvalue weighted by Gasteiger charge is -2.03. The van der Waals surface area contributed by atoms with Gasteiger partial charge in [0, 0.05) is 17.6 Å². The van der Waals surface area contributed by atoms with Crippen molar-refractivity contribution >= 4 is 5.91 Å². The third-order valence-electron chi connectivity index (χ3n) is 3.31. The molecule has 0 saturated carbocycles. The van der Waals surface area contributed by atoms with Gasteiger partial charge in [-0.25, -0.2) is 4.68 Å². The molecule has 0 radical (unpaired) electrons. The lowest BCUT2D eigenvalue weighted by molar-refractivity contribution is 0.0895. The van der Waals surface area contributed by atoms with Crippen LogP contribution in [0.5, 0.6) is 0 Å². The Balaban J connectivity index is 2.22. The molecule has 19 heavy (non-hydrogen) atoms. The number of aromatic nitrogens is 3. The Labute approximate surface area is 112 Å². The van der Waals surface area contributed by atoms with Crippen LogP contribution in [0.2, 0.25) is 0 Å². The first-order chi connectivity index (χ1) is 9.02. The van der Waals surface area contributed by atoms with E-state index in [1.54, 1.807) is 0 Å². The quantitative estimate of drug-likeness (QED) is 0.875. The normalized spacial score (nSPS) is 10.9. The molecule has 0 aliphatic rings. The largest absolute Gasteiger partial charge is 0.365 e. The summed E-state index contributed by atoms with van der Waals surface area (Å²) < 4.78 is 1.50. The van der Waals surface area contributed by atoms with Gasteiger partial charge in [0.15, 0.2) is 0 Å². The molecule has 0 atom stereocenters. The number of carbonyl (C=O) groups excluding carboxylic acids is 1. The van der Waals surface area contributed by atoms with Gasteiger partial charge in [0.25, 0.3) is 5.91 Å². The van der Waals surface area contributed by atoms with Gasteiger partial charge in [0.2, 0.25) is 0 Å². The number of H-pyrrole nitrogens is 1. The number of aromatic amines is 1. The lowest BCUT2D eigenvalue weighted by Crippen LogP contribution is -2.16. The molecule has 0 unspecified atom stereocenters. The summed E-state index contributed by atoms with van der Waals surface area (Å²) in [5.74, 6) is -0.0112. The van der Waals surface area contributed by atoms with Crippen molar-refractivity contribution in [2.45, 2.75) is 33.6 Å². The summed E-state index contributed by atoms with van der Waals surface area (Å²) in [6, 6.07) is 1.98. The zero-order chi connectivity index (χ0) is 14.0. The summed E-state index contributed by atoms with van der Waals surface area (Å²) in [5.41, 5.74) is 10.5. The number of nitrogens with two attached hydrogens (primary N) is 1. The third kappa shape index (κ3) is 2.76. The molecule has 0 bridgehead atoms. The Kier molecular flexibility index (Phi) is 3.85. The van der Waals surface area contributed by atoms with Crippen LogP contribution in [0.25, 0.3) is 0 Å². The van der Waals surface area contributed by atoms with Gasteiger partial charge < -0.3 is 10.7 Å². The van der Waals surface area contributed by atoms with Gasteiger partial charge in [0.1, 0.15) is 0 Å². The summed E-state index contributed by atoms with van der Waals surface area (Å²) in [7, 11) is 0. The molecule has 102 valence electrons. The van der Waals surface area contributed by atoms with Crippen LogP contribution in [0.1, 0.15) is 33.0 Å². The minimum absolute atomic E-state index is 0.0112. The molecule has 3 N–H and O–H groups in total. The number of rotatable bonds is 4. The van der Waals surface area contributed by atoms with Gasteiger partial charge in [-0.3, -0.25) is 4.79 Å². The second-order valence-electron chi connectivity index (χ2n) is 4.86. The Morgan fingerprint density at radius 3 is 2.74 bits per heavy atom. The van der Waals surface area contributed by atoms with Crippen molar-refractivity contribution in [3.05, 3.63) is 40.5 Å². The van der Waals surface area contributed by atoms with Crippen LogP contribution >= 0.6 is 0 Å². The number of carbonyl (C=O) groups is 1. The lowest BCUT2D eigenvalue weighted by atomic mass is 10.1. The average Bonchev–Trinajstić information content (AvgIpc) is 2.87. The van der Waals surface area contributed by atoms with E-state index in [1.807, 2.05) is 33.0 Å². The van der Waals surface area contributed by atoms with Crippen molar-refractivity contribution in [2.75, 3.05) is 6.54 Å². The number of nitrogens with one attached hydrogen (secondary N) is 1. The molecule has 2 heterocycles. The van der Waals surface area contributed by atoms with Crippen LogP contribution in [0, 0.1) is 20.8 Å². The number of hydrogen-bond donors (Lipinski definition) is 2. The molecule has 0 saturated heterocycles. The number of nitrogens with zero attached hydrogens (tertiary/aromatic N) is 2. The van der Waals surface area contributed by atoms with E-state index in [4.69, 9.17) is 5.73 Å². The van der Waals surface area contributed by atoms with Gasteiger partial charge >= 0.3 is 0 Å². The highest BCUT2D eigenvalue weighted by Gasteiger charge is 2.16. The fraction of sp³-hybridized carbons (Fsp3) is 0.429. The minimum Gasteiger partial charge on any atom is -0.365 e. The first-order valence-corrected chi connectivity index (χ1v) is 6.45. The first kappa shape index (κ1) is 13.5. The molecule has 2 rings (SSSR count). The van der Waals surface area contributed by atoms with Crippen LogP contribution < -0.4 is 5.73 Å². The summed E-state index contributed by atoms with van der Waals surface area (Å²) in [6.07, 6.45) is 2.97. The van der Waals surface area contributed by atoms with Gasteiger partial charge in [-0.1, -0.05) is 0 Å². The topological polar surface area (TPSA) is 76.7 Å². The maximum absolute atomic E-state index is 12.3. The molecular formula is C14H20N4O. The average molecular weight is 260 g/mol. The fourth-order valence-electron chi connectivity index (χ4n) is 2.34. The zero-order valence-corrected chi connectivity index (χ0v) is 11.7. The van der Waals surface area contributed by atoms with Gasteiger partial charge in [-0.15, -0.1) is 0 Å². The molecule has 5 heteroatoms. The van der Waals surface area contributed by atoms with E-state index in [9.17, 15) is 4.79 Å². The SMILES string of the molecule is Cc1cc(CC(=O)n2nc(C)c(CCN)c2C)c[nH]1. The molecule has 5 nitrogen and oxygen atoms in total. The van der Waals surface area contributed by atoms with Crippen LogP contribution in [-0.2, 0) is 12.8 Å². The second-order valence-corrected chi connectivity index (χ2v) is 4.86. The van der Waals surface area contributed by atoms with Gasteiger partial charge in [-0.2, -0.15) is 5.10 Å². The highest BCUT2D eigenvalue weighted by Crippen LogP contribution is 2.14. The summed E-state index contributed by atoms with van der Waals surface area (Å²) >= 11 is 0. The molecule has 0 aromatic carbocycles. The minimum atomic E-state index is -0.0112. The molecule has 0 amide bonds. The Morgan fingerprint density at radius 2 is 2.16 bits per heavy atom. The third-order valence-corrected chi connectivity index (χ3v) is 3.31. The molecular weight excluding hydrogens is 240 g/mol. The number of aryl methyl sites for hydroxylation is 2. The molecule has 2 aromatic heterocycles. The molecule has 2 aromatic rings. The monoisotopic (exact) mass is 260 g/mol. The van der Waals surface area contributed by atoms with E-state index < -0.39 is 0 Å². The molecule has 0 spiro atoms. The first-order valence-electron chi connectivity index (χ1n) is 6.45. The van der Waals surface area contributed by atoms with Gasteiger partial charge in [-0.05, 0) is 50.9 Å². The van der Waals surface area contributed by atoms with Crippen molar-refractivity contribution in [3.63, 3.8) is 0 Å². The molecule has 0 aliphatic carbocycles. The standard InChI is InChI=1S/C14H20N4O/c1-9-6-12(8-16-9)7-14(19)18-11(3)13(4-5-15)10(2)17-18/h6,8,16H,4-5,7,15H2,1-3H3. The summed E-state index contributed by atoms with van der Waals surface area (Å²) in [6.45, 7) is 6.38. The van der Waals surface area contributed by atoms with E-state index in [1.165, 1.54) is 4.68 Å². The van der Waals surface area contributed by atoms with E-state index in [0.29, 0.717) is 13.0 Å². The molecule has 0 fully saturated rings. The Bertz CT molecular complexity index is 595. The predicted octanol–water partition coefficient (Wildman–Crippen LogP) is 1.52. The Hall–Kier alpha value is -1.88. The van der Waals surface area contributed by atoms with E-state index in [2.05, 4.69) is 10.1 Å². The maximum atomic E-state index is 12.3. The summed E-state index contributed by atoms with van der Waals surface area (Å²) in [4.78, 5) is 15.3. The summed E-state index contributed by atoms with van der Waals surface area (Å²) in [5, 5.41) is 4.33. The van der Waals surface area contributed by atoms with Crippen molar-refractivity contribution < 1.29 is 4.79 Å². The van der Waals surface area contributed by atoms with Crippen molar-refractivity contribution in [3.8, 4) is 0 Å². The number of hydrogen-bond acceptors (Lipinski definition) is 3. The predicted molar refractivity (Wildman–Crippen MR) is 74.3 cm³/mol. The van der Waals surface area contributed by atoms with Crippen LogP contribution in [-0.4, -0.2) is 27.2 Å². The smallest absolute Gasteiger partial charge is 0.251 e. The maximum Gasteiger partial charge on any atom is 0.251 e. The van der Waals surface area contributed by atoms with Crippen LogP contribution in [0.3, 0.4) is 0 Å². The fourth-order valence-corrected chi connectivity index (χ4v) is 2.34. The van der Waals surface area contributed by atoms with E-state index in [0.717, 1.165) is 34.6 Å². The van der Waals surface area contributed by atoms with Crippen molar-refractivity contribution in [1.82, 2.24) is 14.8 Å². The van der Waals surface area contributed by atoms with Crippen molar-refractivity contribution in [2.24, 2.45) is 5.73 Å². The highest BCUT2D eigenvalue weighted by atomic mass is 16.2. The second kappa shape index (κ2) is 5.40. The zero-order valence-electron chi connectivity index (χ0n) is 11.7. The molecule has 0 aliphatic heterocycles. The van der Waals surface area contributed by atoms with Crippen LogP contribution in [0.15, 0.2) is 12.3 Å².